The van der Waals surface area contributed by atoms with Crippen LogP contribution in [-0.2, 0) is 0 Å². The largest absolute Gasteiger partial charge is 0.278 e. The number of hydrogen-bond donors (Lipinski definition) is 0. The number of fused-ring (bicyclic) bond motifs is 3. The topological polar surface area (TPSA) is 43.6 Å². The van der Waals surface area contributed by atoms with Crippen LogP contribution in [0.3, 0.4) is 0 Å². The number of aromatic nitrogens is 4. The Bertz CT molecular complexity index is 3710. The lowest BCUT2D eigenvalue weighted by Gasteiger charge is -2.42. The minimum absolute atomic E-state index is 0.00179. The Morgan fingerprint density at radius 2 is 0.922 bits per heavy atom. The van der Waals surface area contributed by atoms with Crippen molar-refractivity contribution < 1.29 is 6.85 Å². The zero-order valence-corrected chi connectivity index (χ0v) is 35.5. The Balaban J connectivity index is 1.10. The number of benzene rings is 9. The number of hydrogen-bond acceptors (Lipinski definition) is 3. The molecule has 2 bridgehead atoms. The molecular formula is C59H40N4Si. The fourth-order valence-corrected chi connectivity index (χ4v) is 15.8. The molecule has 64 heavy (non-hydrogen) atoms. The van der Waals surface area contributed by atoms with Gasteiger partial charge in [-0.3, -0.25) is 4.57 Å². The molecule has 0 amide bonds. The molecule has 9 aromatic carbocycles. The first-order valence-electron chi connectivity index (χ1n) is 24.2. The van der Waals surface area contributed by atoms with Crippen molar-refractivity contribution >= 4 is 50.6 Å². The van der Waals surface area contributed by atoms with E-state index in [4.69, 9.17) is 21.8 Å². The summed E-state index contributed by atoms with van der Waals surface area (Å²) in [6.07, 6.45) is 0. The molecule has 0 fully saturated rings. The Labute approximate surface area is 379 Å². The molecule has 0 radical (unpaired) electrons. The van der Waals surface area contributed by atoms with Gasteiger partial charge in [-0.05, 0) is 66.3 Å². The van der Waals surface area contributed by atoms with E-state index in [0.717, 1.165) is 27.0 Å². The quantitative estimate of drug-likeness (QED) is 0.119. The van der Waals surface area contributed by atoms with Crippen molar-refractivity contribution in [2.45, 2.75) is 11.8 Å². The van der Waals surface area contributed by atoms with Gasteiger partial charge in [0.1, 0.15) is 0 Å². The van der Waals surface area contributed by atoms with Crippen LogP contribution in [0.25, 0.3) is 50.5 Å². The highest BCUT2D eigenvalue weighted by molar-refractivity contribution is 7.19. The summed E-state index contributed by atoms with van der Waals surface area (Å²) >= 11 is 0. The average molecular weight is 838 g/mol. The van der Waals surface area contributed by atoms with Crippen LogP contribution in [0.15, 0.2) is 230 Å². The van der Waals surface area contributed by atoms with E-state index < -0.39 is 26.2 Å². The van der Waals surface area contributed by atoms with Gasteiger partial charge in [0.05, 0.1) is 17.9 Å². The standard InChI is InChI=1S/C59H40N4Si/c1-5-20-39(21-6-1)57-60-58(40-22-19-29-44(38-40)64(41-23-7-2-8-24-41,42-25-9-3-10-26-42)43-27-11-4-12-28-43)62-59(61-57)63-51-35-18-17-34-49(51)55-52(63)37-36-50-53-45-30-13-15-32-47(45)54(56(50)55)48-33-16-14-31-46(48)53/h1-38,53-54H/i1D,5D,6D,20D,21D. The van der Waals surface area contributed by atoms with Crippen LogP contribution < -0.4 is 20.7 Å². The minimum Gasteiger partial charge on any atom is -0.278 e. The maximum absolute atomic E-state index is 9.15. The highest BCUT2D eigenvalue weighted by Crippen LogP contribution is 2.58. The van der Waals surface area contributed by atoms with E-state index in [-0.39, 0.29) is 41.3 Å². The number of nitrogens with zero attached hydrogens (tertiary/aromatic N) is 4. The molecule has 0 unspecified atom stereocenters. The molecule has 0 N–H and O–H groups in total. The summed E-state index contributed by atoms with van der Waals surface area (Å²) in [5.41, 5.74) is 10.2. The normalized spacial score (nSPS) is 16.0. The monoisotopic (exact) mass is 837 g/mol. The molecule has 2 heterocycles. The molecule has 14 rings (SSSR count). The molecule has 0 saturated carbocycles. The third-order valence-corrected chi connectivity index (χ3v) is 18.2. The van der Waals surface area contributed by atoms with Gasteiger partial charge in [0, 0.05) is 33.7 Å². The van der Waals surface area contributed by atoms with Gasteiger partial charge in [-0.1, -0.05) is 218 Å². The van der Waals surface area contributed by atoms with Gasteiger partial charge in [0.2, 0.25) is 5.95 Å². The fourth-order valence-electron chi connectivity index (χ4n) is 11.0. The summed E-state index contributed by atoms with van der Waals surface area (Å²) < 4.78 is 46.2. The predicted molar refractivity (Wildman–Crippen MR) is 263 cm³/mol. The lowest BCUT2D eigenvalue weighted by Crippen LogP contribution is -2.74. The van der Waals surface area contributed by atoms with E-state index in [1.165, 1.54) is 48.9 Å². The van der Waals surface area contributed by atoms with E-state index >= 15 is 0 Å². The van der Waals surface area contributed by atoms with Gasteiger partial charge >= 0.3 is 0 Å². The Morgan fingerprint density at radius 3 is 1.53 bits per heavy atom. The molecule has 0 atom stereocenters. The van der Waals surface area contributed by atoms with Gasteiger partial charge in [-0.15, -0.1) is 0 Å². The highest BCUT2D eigenvalue weighted by atomic mass is 28.3. The summed E-state index contributed by atoms with van der Waals surface area (Å²) in [5, 5.41) is 6.90. The van der Waals surface area contributed by atoms with Crippen LogP contribution in [0.5, 0.6) is 0 Å². The van der Waals surface area contributed by atoms with Gasteiger partial charge in [-0.25, -0.2) is 4.98 Å². The van der Waals surface area contributed by atoms with Crippen LogP contribution >= 0.6 is 0 Å². The first-order chi connectivity index (χ1) is 33.8. The van der Waals surface area contributed by atoms with Crippen molar-refractivity contribution in [1.82, 2.24) is 19.5 Å². The van der Waals surface area contributed by atoms with Gasteiger partial charge in [-0.2, -0.15) is 9.97 Å². The van der Waals surface area contributed by atoms with Crippen molar-refractivity contribution in [2.75, 3.05) is 0 Å². The third-order valence-electron chi connectivity index (χ3n) is 13.5. The smallest absolute Gasteiger partial charge is 0.238 e. The van der Waals surface area contributed by atoms with Crippen molar-refractivity contribution in [2.24, 2.45) is 0 Å². The van der Waals surface area contributed by atoms with Crippen LogP contribution in [0, 0.1) is 0 Å². The fraction of sp³-hybridized carbons (Fsp3) is 0.0339. The molecule has 0 spiro atoms. The second kappa shape index (κ2) is 14.6. The van der Waals surface area contributed by atoms with E-state index in [9.17, 15) is 0 Å². The number of para-hydroxylation sites is 1. The molecule has 0 aliphatic heterocycles. The van der Waals surface area contributed by atoms with Crippen molar-refractivity contribution in [3.05, 3.63) is 264 Å². The van der Waals surface area contributed by atoms with E-state index in [1.54, 1.807) is 0 Å². The summed E-state index contributed by atoms with van der Waals surface area (Å²) in [6.45, 7) is 0. The molecule has 11 aromatic rings. The molecule has 2 aromatic heterocycles. The van der Waals surface area contributed by atoms with Crippen LogP contribution in [-0.4, -0.2) is 27.6 Å². The second-order valence-electron chi connectivity index (χ2n) is 16.7. The zero-order valence-electron chi connectivity index (χ0n) is 39.5. The Kier molecular flexibility index (Phi) is 7.23. The van der Waals surface area contributed by atoms with Crippen molar-refractivity contribution in [3.63, 3.8) is 0 Å². The zero-order chi connectivity index (χ0) is 46.5. The Hall–Kier alpha value is -7.99. The highest BCUT2D eigenvalue weighted by Gasteiger charge is 2.43. The lowest BCUT2D eigenvalue weighted by molar-refractivity contribution is 0.761. The SMILES string of the molecule is [2H]c1c([2H])c([2H])c(-c2nc(-c3cccc([Si](c4ccccc4)(c4ccccc4)c4ccccc4)c3)nc(-n3c4ccccc4c4c5c(ccc43)C3c4ccccc4C5c4ccccc43)n2)c([2H])c1[2H]. The summed E-state index contributed by atoms with van der Waals surface area (Å²) in [7, 11) is -3.00. The first-order valence-corrected chi connectivity index (χ1v) is 23.7. The van der Waals surface area contributed by atoms with Crippen LogP contribution in [0.1, 0.15) is 52.1 Å². The molecule has 5 heteroatoms. The summed E-state index contributed by atoms with van der Waals surface area (Å²) in [5.74, 6) is 0.654. The second-order valence-corrected chi connectivity index (χ2v) is 20.5. The maximum Gasteiger partial charge on any atom is 0.238 e. The van der Waals surface area contributed by atoms with Gasteiger partial charge in [0.15, 0.2) is 19.7 Å². The van der Waals surface area contributed by atoms with Gasteiger partial charge < -0.3 is 0 Å². The average Bonchev–Trinajstić information content (AvgIpc) is 3.76. The van der Waals surface area contributed by atoms with Crippen molar-refractivity contribution in [3.8, 4) is 28.7 Å². The summed E-state index contributed by atoms with van der Waals surface area (Å²) in [6, 6.07) is 68.7. The van der Waals surface area contributed by atoms with Crippen molar-refractivity contribution in [1.29, 1.82) is 0 Å². The van der Waals surface area contributed by atoms with E-state index in [2.05, 4.69) is 187 Å². The third kappa shape index (κ3) is 5.38. The molecule has 3 aliphatic carbocycles. The minimum atomic E-state index is -3.00. The Morgan fingerprint density at radius 1 is 0.406 bits per heavy atom. The molecular weight excluding hydrogens is 793 g/mol. The lowest BCUT2D eigenvalue weighted by atomic mass is 9.60. The maximum atomic E-state index is 9.15. The summed E-state index contributed by atoms with van der Waals surface area (Å²) in [4.78, 5) is 15.6. The molecule has 4 nitrogen and oxygen atoms in total. The molecule has 3 aliphatic rings. The molecule has 0 saturated heterocycles. The van der Waals surface area contributed by atoms with Crippen LogP contribution in [0.2, 0.25) is 0 Å². The van der Waals surface area contributed by atoms with Crippen LogP contribution in [0.4, 0.5) is 0 Å². The predicted octanol–water partition coefficient (Wildman–Crippen LogP) is 10.7. The van der Waals surface area contributed by atoms with E-state index in [0.29, 0.717) is 11.4 Å². The van der Waals surface area contributed by atoms with Gasteiger partial charge in [0.25, 0.3) is 0 Å². The number of rotatable bonds is 7. The molecule has 300 valence electrons. The van der Waals surface area contributed by atoms with E-state index in [1.807, 2.05) is 18.2 Å². The first kappa shape index (κ1) is 31.8.